The van der Waals surface area contributed by atoms with E-state index in [0.717, 1.165) is 29.7 Å². The van der Waals surface area contributed by atoms with Gasteiger partial charge in [0.2, 0.25) is 0 Å². The number of thioether (sulfide) groups is 1. The predicted molar refractivity (Wildman–Crippen MR) is 87.8 cm³/mol. The lowest BCUT2D eigenvalue weighted by molar-refractivity contribution is -0.116. The van der Waals surface area contributed by atoms with Crippen LogP contribution in [0, 0.1) is 6.92 Å². The predicted octanol–water partition coefficient (Wildman–Crippen LogP) is 4.58. The summed E-state index contributed by atoms with van der Waals surface area (Å²) in [6.07, 6.45) is 4.66. The van der Waals surface area contributed by atoms with Crippen molar-refractivity contribution in [2.45, 2.75) is 44.3 Å². The number of hydrogen-bond acceptors (Lipinski definition) is 3. The molecule has 2 aliphatic heterocycles. The molecule has 1 aromatic carbocycles. The van der Waals surface area contributed by atoms with Gasteiger partial charge in [0.25, 0.3) is 0 Å². The molecule has 0 amide bonds. The van der Waals surface area contributed by atoms with Crippen LogP contribution in [0.1, 0.15) is 31.2 Å². The van der Waals surface area contributed by atoms with Crippen molar-refractivity contribution in [1.82, 2.24) is 0 Å². The maximum absolute atomic E-state index is 6.23. The van der Waals surface area contributed by atoms with Crippen molar-refractivity contribution < 1.29 is 9.47 Å². The van der Waals surface area contributed by atoms with Gasteiger partial charge >= 0.3 is 0 Å². The van der Waals surface area contributed by atoms with E-state index in [1.807, 2.05) is 11.8 Å². The molecule has 0 N–H and O–H groups in total. The Labute approximate surface area is 133 Å². The Hall–Kier alpha value is -0.190. The molecule has 0 bridgehead atoms. The van der Waals surface area contributed by atoms with Crippen molar-refractivity contribution in [3.63, 3.8) is 0 Å². The Morgan fingerprint density at radius 2 is 2.15 bits per heavy atom. The second-order valence-corrected chi connectivity index (χ2v) is 7.89. The monoisotopic (exact) mass is 356 g/mol. The van der Waals surface area contributed by atoms with Gasteiger partial charge in [-0.15, -0.1) is 0 Å². The molecule has 2 aliphatic rings. The van der Waals surface area contributed by atoms with Crippen LogP contribution in [0.25, 0.3) is 0 Å². The Kier molecular flexibility index (Phi) is 4.63. The second kappa shape index (κ2) is 6.29. The van der Waals surface area contributed by atoms with Crippen LogP contribution in [0.15, 0.2) is 22.7 Å². The Morgan fingerprint density at radius 1 is 1.35 bits per heavy atom. The first-order valence-corrected chi connectivity index (χ1v) is 9.26. The van der Waals surface area contributed by atoms with Gasteiger partial charge in [0.1, 0.15) is 11.9 Å². The van der Waals surface area contributed by atoms with Crippen LogP contribution in [0.3, 0.4) is 0 Å². The molecular weight excluding hydrogens is 336 g/mol. The van der Waals surface area contributed by atoms with Gasteiger partial charge in [-0.2, -0.15) is 11.8 Å². The number of halogens is 1. The quantitative estimate of drug-likeness (QED) is 0.772. The van der Waals surface area contributed by atoms with Gasteiger partial charge in [-0.1, -0.05) is 6.07 Å². The normalized spacial score (nSPS) is 25.6. The molecule has 4 heteroatoms. The van der Waals surface area contributed by atoms with E-state index in [-0.39, 0.29) is 11.7 Å². The standard InChI is InChI=1S/C16H21BrO2S/c1-12-2-3-15(14(17)10-12)19-13-4-7-18-16(11-13)5-8-20-9-6-16/h2-3,10,13H,4-9,11H2,1H3. The molecule has 2 saturated heterocycles. The number of rotatable bonds is 2. The van der Waals surface area contributed by atoms with E-state index in [0.29, 0.717) is 0 Å². The highest BCUT2D eigenvalue weighted by molar-refractivity contribution is 9.10. The third-order valence-electron chi connectivity index (χ3n) is 4.23. The van der Waals surface area contributed by atoms with Crippen LogP contribution in [0.2, 0.25) is 0 Å². The van der Waals surface area contributed by atoms with Gasteiger partial charge in [0, 0.05) is 12.8 Å². The molecule has 2 fully saturated rings. The largest absolute Gasteiger partial charge is 0.489 e. The SMILES string of the molecule is Cc1ccc(OC2CCOC3(CCSCC3)C2)c(Br)c1. The fourth-order valence-corrected chi connectivity index (χ4v) is 4.88. The number of aryl methyl sites for hydroxylation is 1. The maximum atomic E-state index is 6.23. The summed E-state index contributed by atoms with van der Waals surface area (Å²) in [6.45, 7) is 2.93. The maximum Gasteiger partial charge on any atom is 0.133 e. The molecular formula is C16H21BrO2S. The minimum absolute atomic E-state index is 0.0886. The molecule has 1 aromatic rings. The summed E-state index contributed by atoms with van der Waals surface area (Å²) in [5, 5.41) is 0. The first-order chi connectivity index (χ1) is 9.67. The molecule has 1 unspecified atom stereocenters. The lowest BCUT2D eigenvalue weighted by atomic mass is 9.86. The zero-order valence-corrected chi connectivity index (χ0v) is 14.3. The van der Waals surface area contributed by atoms with Crippen LogP contribution in [-0.2, 0) is 4.74 Å². The molecule has 1 spiro atoms. The van der Waals surface area contributed by atoms with Gasteiger partial charge < -0.3 is 9.47 Å². The van der Waals surface area contributed by atoms with Crippen molar-refractivity contribution in [2.24, 2.45) is 0 Å². The fourth-order valence-electron chi connectivity index (χ4n) is 3.06. The third kappa shape index (κ3) is 3.34. The summed E-state index contributed by atoms with van der Waals surface area (Å²) in [5.41, 5.74) is 1.34. The first kappa shape index (κ1) is 14.7. The Bertz CT molecular complexity index is 466. The van der Waals surface area contributed by atoms with Gasteiger partial charge in [0.15, 0.2) is 0 Å². The van der Waals surface area contributed by atoms with Crippen LogP contribution < -0.4 is 4.74 Å². The summed E-state index contributed by atoms with van der Waals surface area (Å²) in [7, 11) is 0. The summed E-state index contributed by atoms with van der Waals surface area (Å²) < 4.78 is 13.4. The molecule has 0 saturated carbocycles. The van der Waals surface area contributed by atoms with E-state index in [1.165, 1.54) is 29.9 Å². The summed E-state index contributed by atoms with van der Waals surface area (Å²) in [6, 6.07) is 6.28. The summed E-state index contributed by atoms with van der Waals surface area (Å²) in [5.74, 6) is 3.41. The van der Waals surface area contributed by atoms with Crippen LogP contribution in [-0.4, -0.2) is 29.8 Å². The lowest BCUT2D eigenvalue weighted by Crippen LogP contribution is -2.46. The van der Waals surface area contributed by atoms with Crippen molar-refractivity contribution in [2.75, 3.05) is 18.1 Å². The van der Waals surface area contributed by atoms with E-state index in [2.05, 4.69) is 41.1 Å². The van der Waals surface area contributed by atoms with Crippen molar-refractivity contribution in [3.05, 3.63) is 28.2 Å². The van der Waals surface area contributed by atoms with E-state index < -0.39 is 0 Å². The van der Waals surface area contributed by atoms with Crippen molar-refractivity contribution in [3.8, 4) is 5.75 Å². The molecule has 2 heterocycles. The molecule has 1 atom stereocenters. The van der Waals surface area contributed by atoms with Crippen molar-refractivity contribution in [1.29, 1.82) is 0 Å². The fraction of sp³-hybridized carbons (Fsp3) is 0.625. The Balaban J connectivity index is 1.68. The smallest absolute Gasteiger partial charge is 0.133 e. The molecule has 0 aliphatic carbocycles. The molecule has 3 rings (SSSR count). The second-order valence-electron chi connectivity index (χ2n) is 5.81. The summed E-state index contributed by atoms with van der Waals surface area (Å²) >= 11 is 5.65. The molecule has 2 nitrogen and oxygen atoms in total. The highest BCUT2D eigenvalue weighted by Crippen LogP contribution is 2.39. The van der Waals surface area contributed by atoms with Gasteiger partial charge in [0.05, 0.1) is 16.7 Å². The summed E-state index contributed by atoms with van der Waals surface area (Å²) in [4.78, 5) is 0. The van der Waals surface area contributed by atoms with Gasteiger partial charge in [-0.05, 0) is 64.9 Å². The highest BCUT2D eigenvalue weighted by Gasteiger charge is 2.39. The minimum atomic E-state index is 0.0886. The third-order valence-corrected chi connectivity index (χ3v) is 5.84. The molecule has 20 heavy (non-hydrogen) atoms. The topological polar surface area (TPSA) is 18.5 Å². The Morgan fingerprint density at radius 3 is 2.90 bits per heavy atom. The van der Waals surface area contributed by atoms with E-state index >= 15 is 0 Å². The van der Waals surface area contributed by atoms with Crippen molar-refractivity contribution >= 4 is 27.7 Å². The van der Waals surface area contributed by atoms with E-state index in [1.54, 1.807) is 0 Å². The lowest BCUT2D eigenvalue weighted by Gasteiger charge is -2.43. The van der Waals surface area contributed by atoms with Crippen LogP contribution in [0.5, 0.6) is 5.75 Å². The van der Waals surface area contributed by atoms with Crippen LogP contribution >= 0.6 is 27.7 Å². The average Bonchev–Trinajstić information content (AvgIpc) is 2.43. The van der Waals surface area contributed by atoms with E-state index in [9.17, 15) is 0 Å². The van der Waals surface area contributed by atoms with E-state index in [4.69, 9.17) is 9.47 Å². The number of ether oxygens (including phenoxy) is 2. The van der Waals surface area contributed by atoms with Gasteiger partial charge in [-0.3, -0.25) is 0 Å². The minimum Gasteiger partial charge on any atom is -0.489 e. The molecule has 110 valence electrons. The number of benzene rings is 1. The molecule has 0 aromatic heterocycles. The zero-order valence-electron chi connectivity index (χ0n) is 11.9. The average molecular weight is 357 g/mol. The first-order valence-electron chi connectivity index (χ1n) is 7.31. The van der Waals surface area contributed by atoms with Crippen LogP contribution in [0.4, 0.5) is 0 Å². The zero-order chi connectivity index (χ0) is 14.0. The molecule has 0 radical (unpaired) electrons. The number of hydrogen-bond donors (Lipinski definition) is 0. The van der Waals surface area contributed by atoms with Gasteiger partial charge in [-0.25, -0.2) is 0 Å². The highest BCUT2D eigenvalue weighted by atomic mass is 79.9.